The van der Waals surface area contributed by atoms with Gasteiger partial charge in [0.1, 0.15) is 0 Å². The number of aryl methyl sites for hydroxylation is 1. The summed E-state index contributed by atoms with van der Waals surface area (Å²) in [5.74, 6) is 5.98. The summed E-state index contributed by atoms with van der Waals surface area (Å²) >= 11 is 1.62. The molecule has 0 saturated heterocycles. The minimum atomic E-state index is -3.61. The first kappa shape index (κ1) is 20.0. The van der Waals surface area contributed by atoms with Crippen LogP contribution in [0.15, 0.2) is 93.8 Å². The van der Waals surface area contributed by atoms with Gasteiger partial charge in [0.2, 0.25) is 0 Å². The second-order valence-corrected chi connectivity index (χ2v) is 8.85. The van der Waals surface area contributed by atoms with E-state index in [4.69, 9.17) is 5.84 Å². The van der Waals surface area contributed by atoms with Crippen LogP contribution in [0.1, 0.15) is 11.1 Å². The van der Waals surface area contributed by atoms with Crippen molar-refractivity contribution in [3.05, 3.63) is 90.0 Å². The van der Waals surface area contributed by atoms with Gasteiger partial charge in [-0.2, -0.15) is 5.10 Å². The van der Waals surface area contributed by atoms with Crippen LogP contribution in [0.25, 0.3) is 0 Å². The Bertz CT molecular complexity index is 1030. The maximum atomic E-state index is 12.6. The van der Waals surface area contributed by atoms with Crippen LogP contribution >= 0.6 is 11.8 Å². The number of nitrogens with one attached hydrogen (secondary N) is 1. The quantitative estimate of drug-likeness (QED) is 0.253. The lowest BCUT2D eigenvalue weighted by molar-refractivity contribution is 0.601. The van der Waals surface area contributed by atoms with Gasteiger partial charge in [-0.3, -0.25) is 4.72 Å². The van der Waals surface area contributed by atoms with Crippen LogP contribution in [0.4, 0.5) is 5.69 Å². The molecule has 0 aromatic heterocycles. The molecule has 0 aliphatic rings. The van der Waals surface area contributed by atoms with Crippen LogP contribution in [0.2, 0.25) is 0 Å². The molecule has 0 amide bonds. The van der Waals surface area contributed by atoms with Crippen LogP contribution in [-0.2, 0) is 16.4 Å². The van der Waals surface area contributed by atoms with E-state index in [0.29, 0.717) is 5.69 Å². The first-order chi connectivity index (χ1) is 13.6. The van der Waals surface area contributed by atoms with E-state index in [1.54, 1.807) is 54.4 Å². The molecule has 5 nitrogen and oxygen atoms in total. The van der Waals surface area contributed by atoms with Crippen LogP contribution in [0, 0.1) is 0 Å². The molecular formula is C21H21N3O2S2. The van der Waals surface area contributed by atoms with Crippen LogP contribution < -0.4 is 10.6 Å². The number of thioether (sulfide) groups is 1. The first-order valence-electron chi connectivity index (χ1n) is 8.70. The van der Waals surface area contributed by atoms with Crippen LogP contribution in [0.5, 0.6) is 0 Å². The maximum Gasteiger partial charge on any atom is 0.261 e. The third kappa shape index (κ3) is 5.37. The van der Waals surface area contributed by atoms with E-state index in [1.165, 1.54) is 5.56 Å². The standard InChI is InChI=1S/C21H21N3O2S2/c22-23-16-18-12-10-17(11-13-18)14-15-27-21-9-5-4-8-20(21)24-28(25,26)19-6-2-1-3-7-19/h1-13,16,24H,14-15,22H2. The predicted molar refractivity (Wildman–Crippen MR) is 116 cm³/mol. The predicted octanol–water partition coefficient (Wildman–Crippen LogP) is 4.11. The van der Waals surface area contributed by atoms with E-state index in [-0.39, 0.29) is 4.90 Å². The van der Waals surface area contributed by atoms with Crippen molar-refractivity contribution in [3.8, 4) is 0 Å². The molecule has 28 heavy (non-hydrogen) atoms. The molecular weight excluding hydrogens is 390 g/mol. The van der Waals surface area contributed by atoms with Gasteiger partial charge in [0.15, 0.2) is 0 Å². The van der Waals surface area contributed by atoms with Crippen molar-refractivity contribution in [3.63, 3.8) is 0 Å². The van der Waals surface area contributed by atoms with Gasteiger partial charge in [-0.05, 0) is 41.8 Å². The SMILES string of the molecule is NN=Cc1ccc(CCSc2ccccc2NS(=O)(=O)c2ccccc2)cc1. The fourth-order valence-electron chi connectivity index (χ4n) is 2.62. The van der Waals surface area contributed by atoms with Gasteiger partial charge in [-0.25, -0.2) is 8.42 Å². The first-order valence-corrected chi connectivity index (χ1v) is 11.2. The highest BCUT2D eigenvalue weighted by atomic mass is 32.2. The zero-order valence-corrected chi connectivity index (χ0v) is 16.8. The fourth-order valence-corrected chi connectivity index (χ4v) is 4.79. The normalized spacial score (nSPS) is 11.6. The number of nitrogens with zero attached hydrogens (tertiary/aromatic N) is 1. The van der Waals surface area contributed by atoms with Crippen LogP contribution in [0.3, 0.4) is 0 Å². The van der Waals surface area contributed by atoms with E-state index in [1.807, 2.05) is 42.5 Å². The molecule has 0 radical (unpaired) electrons. The molecule has 0 atom stereocenters. The third-order valence-electron chi connectivity index (χ3n) is 4.04. The Kier molecular flexibility index (Phi) is 6.73. The van der Waals surface area contributed by atoms with Gasteiger partial charge in [-0.1, -0.05) is 54.6 Å². The summed E-state index contributed by atoms with van der Waals surface area (Å²) in [4.78, 5) is 1.14. The molecule has 7 heteroatoms. The Morgan fingerprint density at radius 2 is 1.61 bits per heavy atom. The van der Waals surface area contributed by atoms with Gasteiger partial charge in [-0.15, -0.1) is 11.8 Å². The van der Waals surface area contributed by atoms with Gasteiger partial charge >= 0.3 is 0 Å². The average Bonchev–Trinajstić information content (AvgIpc) is 2.71. The number of anilines is 1. The zero-order valence-electron chi connectivity index (χ0n) is 15.2. The van der Waals surface area contributed by atoms with E-state index in [0.717, 1.165) is 22.6 Å². The number of hydrogen-bond acceptors (Lipinski definition) is 5. The highest BCUT2D eigenvalue weighted by Gasteiger charge is 2.15. The van der Waals surface area contributed by atoms with Gasteiger partial charge in [0, 0.05) is 10.6 Å². The number of para-hydroxylation sites is 1. The van der Waals surface area contributed by atoms with Crippen molar-refractivity contribution < 1.29 is 8.42 Å². The topological polar surface area (TPSA) is 84.5 Å². The molecule has 0 aliphatic heterocycles. The van der Waals surface area contributed by atoms with Crippen molar-refractivity contribution in [2.24, 2.45) is 10.9 Å². The smallest absolute Gasteiger partial charge is 0.261 e. The molecule has 3 aromatic rings. The Labute approximate surface area is 169 Å². The molecule has 3 aromatic carbocycles. The summed E-state index contributed by atoms with van der Waals surface area (Å²) in [5.41, 5.74) is 2.74. The van der Waals surface area contributed by atoms with Gasteiger partial charge in [0.25, 0.3) is 10.0 Å². The van der Waals surface area contributed by atoms with Gasteiger partial charge < -0.3 is 5.84 Å². The Morgan fingerprint density at radius 1 is 0.929 bits per heavy atom. The molecule has 0 aliphatic carbocycles. The molecule has 0 spiro atoms. The van der Waals surface area contributed by atoms with E-state index >= 15 is 0 Å². The summed E-state index contributed by atoms with van der Waals surface area (Å²) < 4.78 is 27.9. The lowest BCUT2D eigenvalue weighted by Gasteiger charge is -2.12. The van der Waals surface area contributed by atoms with Crippen LogP contribution in [-0.4, -0.2) is 20.4 Å². The monoisotopic (exact) mass is 411 g/mol. The van der Waals surface area contributed by atoms with E-state index in [2.05, 4.69) is 9.82 Å². The Hall–Kier alpha value is -2.77. The van der Waals surface area contributed by atoms with Crippen molar-refractivity contribution >= 4 is 33.7 Å². The minimum absolute atomic E-state index is 0.246. The van der Waals surface area contributed by atoms with Crippen molar-refractivity contribution in [2.45, 2.75) is 16.2 Å². The second-order valence-electron chi connectivity index (χ2n) is 6.03. The summed E-state index contributed by atoms with van der Waals surface area (Å²) in [5, 5.41) is 3.51. The molecule has 0 saturated carbocycles. The summed E-state index contributed by atoms with van der Waals surface area (Å²) in [6.45, 7) is 0. The highest BCUT2D eigenvalue weighted by Crippen LogP contribution is 2.29. The lowest BCUT2D eigenvalue weighted by Crippen LogP contribution is -2.13. The zero-order chi connectivity index (χ0) is 19.8. The minimum Gasteiger partial charge on any atom is -0.323 e. The van der Waals surface area contributed by atoms with Crippen molar-refractivity contribution in [1.82, 2.24) is 0 Å². The van der Waals surface area contributed by atoms with E-state index < -0.39 is 10.0 Å². The highest BCUT2D eigenvalue weighted by molar-refractivity contribution is 7.99. The number of rotatable bonds is 8. The number of benzene rings is 3. The fraction of sp³-hybridized carbons (Fsp3) is 0.0952. The lowest BCUT2D eigenvalue weighted by atomic mass is 10.1. The second kappa shape index (κ2) is 9.43. The van der Waals surface area contributed by atoms with Crippen molar-refractivity contribution in [1.29, 1.82) is 0 Å². The van der Waals surface area contributed by atoms with Gasteiger partial charge in [0.05, 0.1) is 16.8 Å². The summed E-state index contributed by atoms with van der Waals surface area (Å²) in [6, 6.07) is 23.8. The summed E-state index contributed by atoms with van der Waals surface area (Å²) in [6.07, 6.45) is 2.47. The summed E-state index contributed by atoms with van der Waals surface area (Å²) in [7, 11) is -3.61. The largest absolute Gasteiger partial charge is 0.323 e. The van der Waals surface area contributed by atoms with E-state index in [9.17, 15) is 8.42 Å². The Morgan fingerprint density at radius 3 is 2.32 bits per heavy atom. The molecule has 0 fully saturated rings. The molecule has 0 bridgehead atoms. The average molecular weight is 412 g/mol. The number of sulfonamides is 1. The molecule has 3 N–H and O–H groups in total. The Balaban J connectivity index is 1.65. The van der Waals surface area contributed by atoms with Crippen molar-refractivity contribution in [2.75, 3.05) is 10.5 Å². The third-order valence-corrected chi connectivity index (χ3v) is 6.49. The number of nitrogens with two attached hydrogens (primary N) is 1. The molecule has 0 heterocycles. The molecule has 3 rings (SSSR count). The maximum absolute atomic E-state index is 12.6. The molecule has 0 unspecified atom stereocenters. The number of hydrogen-bond donors (Lipinski definition) is 2. The molecule has 144 valence electrons. The number of hydrazone groups is 1.